The fourth-order valence-electron chi connectivity index (χ4n) is 3.48. The molecule has 1 aromatic carbocycles. The van der Waals surface area contributed by atoms with E-state index in [1.54, 1.807) is 0 Å². The average molecular weight is 335 g/mol. The minimum atomic E-state index is -4.44. The first-order valence-electron chi connectivity index (χ1n) is 7.12. The molecule has 0 heterocycles. The molecule has 2 aliphatic rings. The number of amides is 1. The van der Waals surface area contributed by atoms with Gasteiger partial charge in [0, 0.05) is 18.2 Å². The second-order valence-electron chi connectivity index (χ2n) is 5.89. The molecule has 2 saturated carbocycles. The highest BCUT2D eigenvalue weighted by molar-refractivity contribution is 5.95. The van der Waals surface area contributed by atoms with Crippen molar-refractivity contribution in [1.29, 1.82) is 0 Å². The molecule has 2 atom stereocenters. The topological polar surface area (TPSA) is 55.1 Å². The number of hydrogen-bond donors (Lipinski definition) is 2. The third-order valence-corrected chi connectivity index (χ3v) is 4.53. The summed E-state index contributed by atoms with van der Waals surface area (Å²) in [5.74, 6) is 0.691. The van der Waals surface area contributed by atoms with Gasteiger partial charge in [0.15, 0.2) is 0 Å². The molecule has 2 aliphatic carbocycles. The summed E-state index contributed by atoms with van der Waals surface area (Å²) in [6.07, 6.45) is -1.18. The summed E-state index contributed by atoms with van der Waals surface area (Å²) in [5.41, 5.74) is 5.19. The van der Waals surface area contributed by atoms with Crippen LogP contribution in [0.2, 0.25) is 0 Å². The molecule has 1 amide bonds. The van der Waals surface area contributed by atoms with Crippen molar-refractivity contribution in [3.63, 3.8) is 0 Å². The minimum Gasteiger partial charge on any atom is -0.326 e. The van der Waals surface area contributed by atoms with Crippen LogP contribution in [-0.4, -0.2) is 5.91 Å². The van der Waals surface area contributed by atoms with Gasteiger partial charge in [0.05, 0.1) is 5.56 Å². The van der Waals surface area contributed by atoms with Crippen molar-refractivity contribution >= 4 is 24.0 Å². The molecular weight excluding hydrogens is 317 g/mol. The fraction of sp³-hybridized carbons (Fsp3) is 0.533. The highest BCUT2D eigenvalue weighted by Gasteiger charge is 2.56. The van der Waals surface area contributed by atoms with E-state index in [1.165, 1.54) is 6.07 Å². The monoisotopic (exact) mass is 334 g/mol. The Hall–Kier alpha value is -1.27. The third kappa shape index (κ3) is 3.22. The van der Waals surface area contributed by atoms with Crippen LogP contribution >= 0.6 is 12.4 Å². The number of benzene rings is 1. The maximum atomic E-state index is 12.8. The third-order valence-electron chi connectivity index (χ3n) is 4.53. The van der Waals surface area contributed by atoms with Crippen LogP contribution in [0.25, 0.3) is 0 Å². The van der Waals surface area contributed by atoms with Crippen LogP contribution in [0.5, 0.6) is 0 Å². The summed E-state index contributed by atoms with van der Waals surface area (Å²) in [4.78, 5) is 12.1. The molecule has 0 bridgehead atoms. The minimum absolute atomic E-state index is 0. The first kappa shape index (κ1) is 17.1. The Morgan fingerprint density at radius 2 is 1.86 bits per heavy atom. The summed E-state index contributed by atoms with van der Waals surface area (Å²) >= 11 is 0. The zero-order valence-corrected chi connectivity index (χ0v) is 12.6. The van der Waals surface area contributed by atoms with Gasteiger partial charge in [-0.2, -0.15) is 13.2 Å². The molecule has 1 aromatic rings. The molecule has 0 radical (unpaired) electrons. The predicted molar refractivity (Wildman–Crippen MR) is 79.5 cm³/mol. The maximum absolute atomic E-state index is 12.8. The van der Waals surface area contributed by atoms with Crippen LogP contribution in [-0.2, 0) is 17.5 Å². The van der Waals surface area contributed by atoms with Gasteiger partial charge in [-0.1, -0.05) is 6.42 Å². The van der Waals surface area contributed by atoms with E-state index in [1.807, 2.05) is 0 Å². The molecule has 0 spiro atoms. The van der Waals surface area contributed by atoms with Crippen molar-refractivity contribution in [3.05, 3.63) is 29.3 Å². The number of carbonyl (C=O) groups is 1. The Morgan fingerprint density at radius 1 is 1.23 bits per heavy atom. The van der Waals surface area contributed by atoms with Crippen molar-refractivity contribution in [2.75, 3.05) is 5.32 Å². The molecule has 0 saturated heterocycles. The lowest BCUT2D eigenvalue weighted by Gasteiger charge is -2.13. The van der Waals surface area contributed by atoms with Gasteiger partial charge in [-0.05, 0) is 48.4 Å². The lowest BCUT2D eigenvalue weighted by molar-refractivity contribution is -0.137. The Labute approximate surface area is 132 Å². The molecule has 2 fully saturated rings. The molecule has 7 heteroatoms. The van der Waals surface area contributed by atoms with E-state index in [0.717, 1.165) is 31.4 Å². The molecule has 3 nitrogen and oxygen atoms in total. The first-order valence-corrected chi connectivity index (χ1v) is 7.12. The molecule has 122 valence electrons. The van der Waals surface area contributed by atoms with E-state index in [-0.39, 0.29) is 36.5 Å². The molecule has 0 aliphatic heterocycles. The zero-order valence-electron chi connectivity index (χ0n) is 11.8. The van der Waals surface area contributed by atoms with E-state index in [2.05, 4.69) is 5.32 Å². The SMILES string of the molecule is Cl.NCc1cc(NC(=O)C2C3CCCC32)cc(C(F)(F)F)c1. The quantitative estimate of drug-likeness (QED) is 0.888. The summed E-state index contributed by atoms with van der Waals surface area (Å²) in [6.45, 7) is 0.00146. The van der Waals surface area contributed by atoms with Crippen LogP contribution in [0.15, 0.2) is 18.2 Å². The van der Waals surface area contributed by atoms with Gasteiger partial charge in [-0.3, -0.25) is 4.79 Å². The standard InChI is InChI=1S/C15H17F3N2O.ClH/c16-15(17,18)9-4-8(7-19)5-10(6-9)20-14(21)13-11-2-1-3-12(11)13;/h4-6,11-13H,1-3,7,19H2,(H,20,21);1H. The molecule has 3 rings (SSSR count). The Kier molecular flexibility index (Phi) is 4.73. The zero-order chi connectivity index (χ0) is 15.2. The van der Waals surface area contributed by atoms with Crippen molar-refractivity contribution in [2.24, 2.45) is 23.5 Å². The number of fused-ring (bicyclic) bond motifs is 1. The Bertz CT molecular complexity index is 566. The van der Waals surface area contributed by atoms with E-state index in [4.69, 9.17) is 5.73 Å². The van der Waals surface area contributed by atoms with Crippen molar-refractivity contribution in [1.82, 2.24) is 0 Å². The number of alkyl halides is 3. The number of rotatable bonds is 3. The number of halogens is 4. The van der Waals surface area contributed by atoms with E-state index in [9.17, 15) is 18.0 Å². The van der Waals surface area contributed by atoms with Crippen LogP contribution in [0.3, 0.4) is 0 Å². The lowest BCUT2D eigenvalue weighted by Crippen LogP contribution is -2.18. The van der Waals surface area contributed by atoms with Crippen molar-refractivity contribution in [3.8, 4) is 0 Å². The second kappa shape index (κ2) is 6.08. The largest absolute Gasteiger partial charge is 0.416 e. The molecule has 2 unspecified atom stereocenters. The van der Waals surface area contributed by atoms with Gasteiger partial charge in [0.25, 0.3) is 0 Å². The second-order valence-corrected chi connectivity index (χ2v) is 5.89. The first-order chi connectivity index (χ1) is 9.90. The predicted octanol–water partition coefficient (Wildman–Crippen LogP) is 3.57. The molecule has 3 N–H and O–H groups in total. The summed E-state index contributed by atoms with van der Waals surface area (Å²) in [5, 5.41) is 2.63. The van der Waals surface area contributed by atoms with Crippen molar-refractivity contribution in [2.45, 2.75) is 32.0 Å². The molecule has 0 aromatic heterocycles. The maximum Gasteiger partial charge on any atom is 0.416 e. The van der Waals surface area contributed by atoms with Crippen molar-refractivity contribution < 1.29 is 18.0 Å². The van der Waals surface area contributed by atoms with Crippen LogP contribution in [0.4, 0.5) is 18.9 Å². The van der Waals surface area contributed by atoms with Crippen LogP contribution in [0, 0.1) is 17.8 Å². The Balaban J connectivity index is 0.00000176. The number of nitrogens with two attached hydrogens (primary N) is 1. The number of hydrogen-bond acceptors (Lipinski definition) is 2. The molecular formula is C15H18ClF3N2O. The van der Waals surface area contributed by atoms with Gasteiger partial charge in [0.2, 0.25) is 5.91 Å². The van der Waals surface area contributed by atoms with E-state index in [0.29, 0.717) is 17.4 Å². The highest BCUT2D eigenvalue weighted by atomic mass is 35.5. The summed E-state index contributed by atoms with van der Waals surface area (Å²) in [7, 11) is 0. The van der Waals surface area contributed by atoms with E-state index < -0.39 is 11.7 Å². The summed E-state index contributed by atoms with van der Waals surface area (Å²) in [6, 6.07) is 3.49. The van der Waals surface area contributed by atoms with Gasteiger partial charge < -0.3 is 11.1 Å². The lowest BCUT2D eigenvalue weighted by atomic mass is 10.1. The van der Waals surface area contributed by atoms with E-state index >= 15 is 0 Å². The van der Waals surface area contributed by atoms with Gasteiger partial charge >= 0.3 is 6.18 Å². The van der Waals surface area contributed by atoms with Gasteiger partial charge in [-0.25, -0.2) is 0 Å². The molecule has 22 heavy (non-hydrogen) atoms. The Morgan fingerprint density at radius 3 is 2.41 bits per heavy atom. The highest BCUT2D eigenvalue weighted by Crippen LogP contribution is 2.57. The van der Waals surface area contributed by atoms with Gasteiger partial charge in [-0.15, -0.1) is 12.4 Å². The van der Waals surface area contributed by atoms with Crippen LogP contribution < -0.4 is 11.1 Å². The number of nitrogens with one attached hydrogen (secondary N) is 1. The number of anilines is 1. The fourth-order valence-corrected chi connectivity index (χ4v) is 3.48. The number of carbonyl (C=O) groups excluding carboxylic acids is 1. The van der Waals surface area contributed by atoms with Crippen LogP contribution in [0.1, 0.15) is 30.4 Å². The smallest absolute Gasteiger partial charge is 0.326 e. The normalized spacial score (nSPS) is 26.1. The average Bonchev–Trinajstić information content (AvgIpc) is 2.91. The van der Waals surface area contributed by atoms with Gasteiger partial charge in [0.1, 0.15) is 0 Å². The summed E-state index contributed by atoms with van der Waals surface area (Å²) < 4.78 is 38.5.